The SMILES string of the molecule is Cc1ccc(C2=C/C(=C/c3ccc(N(C)C)cc3)C(=O)O2)c(C)c1. The van der Waals surface area contributed by atoms with E-state index in [1.165, 1.54) is 5.56 Å². The summed E-state index contributed by atoms with van der Waals surface area (Å²) < 4.78 is 5.46. The lowest BCUT2D eigenvalue weighted by Crippen LogP contribution is -2.07. The standard InChI is InChI=1S/C21H21NO2/c1-14-5-10-19(15(2)11-14)20-13-17(21(23)24-20)12-16-6-8-18(9-7-16)22(3)4/h5-13H,1-4H3/b17-12-. The summed E-state index contributed by atoms with van der Waals surface area (Å²) in [6.07, 6.45) is 3.68. The summed E-state index contributed by atoms with van der Waals surface area (Å²) in [5.41, 5.74) is 5.93. The lowest BCUT2D eigenvalue weighted by molar-refractivity contribution is -0.130. The van der Waals surface area contributed by atoms with E-state index in [4.69, 9.17) is 4.74 Å². The zero-order valence-electron chi connectivity index (χ0n) is 14.5. The van der Waals surface area contributed by atoms with Crippen molar-refractivity contribution >= 4 is 23.5 Å². The topological polar surface area (TPSA) is 29.5 Å². The molecule has 122 valence electrons. The molecule has 0 bridgehead atoms. The second-order valence-corrected chi connectivity index (χ2v) is 6.30. The van der Waals surface area contributed by atoms with Crippen LogP contribution in [0.2, 0.25) is 0 Å². The van der Waals surface area contributed by atoms with E-state index in [2.05, 4.69) is 13.0 Å². The first-order valence-electron chi connectivity index (χ1n) is 7.94. The van der Waals surface area contributed by atoms with Crippen LogP contribution in [0.5, 0.6) is 0 Å². The predicted octanol–water partition coefficient (Wildman–Crippen LogP) is 4.35. The molecule has 2 aromatic rings. The van der Waals surface area contributed by atoms with Gasteiger partial charge in [-0.25, -0.2) is 4.79 Å². The molecule has 0 aliphatic carbocycles. The van der Waals surface area contributed by atoms with E-state index in [0.29, 0.717) is 11.3 Å². The van der Waals surface area contributed by atoms with Crippen molar-refractivity contribution < 1.29 is 9.53 Å². The van der Waals surface area contributed by atoms with Gasteiger partial charge in [0.05, 0.1) is 5.57 Å². The number of cyclic esters (lactones) is 1. The first-order valence-corrected chi connectivity index (χ1v) is 7.94. The first kappa shape index (κ1) is 16.1. The average molecular weight is 319 g/mol. The normalized spacial score (nSPS) is 15.4. The largest absolute Gasteiger partial charge is 0.422 e. The highest BCUT2D eigenvalue weighted by molar-refractivity contribution is 6.05. The Morgan fingerprint density at radius 1 is 1.00 bits per heavy atom. The van der Waals surface area contributed by atoms with Gasteiger partial charge in [0.15, 0.2) is 0 Å². The van der Waals surface area contributed by atoms with Gasteiger partial charge in [0.25, 0.3) is 0 Å². The number of carbonyl (C=O) groups is 1. The molecule has 3 nitrogen and oxygen atoms in total. The zero-order valence-corrected chi connectivity index (χ0v) is 14.5. The van der Waals surface area contributed by atoms with Crippen LogP contribution in [0.1, 0.15) is 22.3 Å². The van der Waals surface area contributed by atoms with Crippen LogP contribution in [0.4, 0.5) is 5.69 Å². The van der Waals surface area contributed by atoms with Crippen LogP contribution in [-0.4, -0.2) is 20.1 Å². The molecule has 1 heterocycles. The summed E-state index contributed by atoms with van der Waals surface area (Å²) in [6.45, 7) is 4.08. The van der Waals surface area contributed by atoms with Gasteiger partial charge >= 0.3 is 5.97 Å². The van der Waals surface area contributed by atoms with Crippen molar-refractivity contribution in [3.63, 3.8) is 0 Å². The first-order chi connectivity index (χ1) is 11.4. The third-order valence-corrected chi connectivity index (χ3v) is 4.10. The van der Waals surface area contributed by atoms with Gasteiger partial charge in [-0.1, -0.05) is 35.9 Å². The summed E-state index contributed by atoms with van der Waals surface area (Å²) in [4.78, 5) is 14.2. The Balaban J connectivity index is 1.91. The summed E-state index contributed by atoms with van der Waals surface area (Å²) >= 11 is 0. The quantitative estimate of drug-likeness (QED) is 0.622. The Morgan fingerprint density at radius 3 is 2.33 bits per heavy atom. The molecule has 0 aromatic heterocycles. The van der Waals surface area contributed by atoms with Crippen LogP contribution in [0.25, 0.3) is 11.8 Å². The Hall–Kier alpha value is -2.81. The lowest BCUT2D eigenvalue weighted by atomic mass is 10.0. The summed E-state index contributed by atoms with van der Waals surface area (Å²) in [5, 5.41) is 0. The van der Waals surface area contributed by atoms with Gasteiger partial charge < -0.3 is 9.64 Å². The van der Waals surface area contributed by atoms with E-state index < -0.39 is 0 Å². The van der Waals surface area contributed by atoms with Crippen LogP contribution >= 0.6 is 0 Å². The van der Waals surface area contributed by atoms with E-state index in [0.717, 1.165) is 22.4 Å². The van der Waals surface area contributed by atoms with Crippen molar-refractivity contribution in [2.45, 2.75) is 13.8 Å². The molecule has 0 N–H and O–H groups in total. The number of hydrogen-bond acceptors (Lipinski definition) is 3. The molecule has 3 rings (SSSR count). The van der Waals surface area contributed by atoms with Crippen LogP contribution in [0.15, 0.2) is 54.1 Å². The maximum Gasteiger partial charge on any atom is 0.343 e. The summed E-state index contributed by atoms with van der Waals surface area (Å²) in [5.74, 6) is 0.315. The molecule has 0 unspecified atom stereocenters. The van der Waals surface area contributed by atoms with Crippen molar-refractivity contribution in [3.05, 3.63) is 76.4 Å². The predicted molar refractivity (Wildman–Crippen MR) is 98.7 cm³/mol. The third kappa shape index (κ3) is 3.25. The highest BCUT2D eigenvalue weighted by Crippen LogP contribution is 2.30. The number of aryl methyl sites for hydroxylation is 2. The van der Waals surface area contributed by atoms with Crippen molar-refractivity contribution in [1.29, 1.82) is 0 Å². The maximum atomic E-state index is 12.2. The van der Waals surface area contributed by atoms with Gasteiger partial charge in [-0.2, -0.15) is 0 Å². The third-order valence-electron chi connectivity index (χ3n) is 4.10. The summed E-state index contributed by atoms with van der Waals surface area (Å²) in [7, 11) is 4.00. The molecule has 0 fully saturated rings. The fourth-order valence-electron chi connectivity index (χ4n) is 2.76. The van der Waals surface area contributed by atoms with Crippen molar-refractivity contribution in [1.82, 2.24) is 0 Å². The molecule has 24 heavy (non-hydrogen) atoms. The lowest BCUT2D eigenvalue weighted by Gasteiger charge is -2.11. The number of nitrogens with zero attached hydrogens (tertiary/aromatic N) is 1. The number of hydrogen-bond donors (Lipinski definition) is 0. The van der Waals surface area contributed by atoms with Crippen LogP contribution in [0.3, 0.4) is 0 Å². The monoisotopic (exact) mass is 319 g/mol. The van der Waals surface area contributed by atoms with Crippen LogP contribution in [-0.2, 0) is 9.53 Å². The number of ether oxygens (including phenoxy) is 1. The molecule has 1 aliphatic heterocycles. The minimum atomic E-state index is -0.304. The van der Waals surface area contributed by atoms with Crippen molar-refractivity contribution in [2.24, 2.45) is 0 Å². The van der Waals surface area contributed by atoms with Gasteiger partial charge in [-0.05, 0) is 49.3 Å². The molecule has 2 aromatic carbocycles. The van der Waals surface area contributed by atoms with E-state index in [1.54, 1.807) is 0 Å². The molecule has 0 atom stereocenters. The minimum Gasteiger partial charge on any atom is -0.422 e. The van der Waals surface area contributed by atoms with Crippen molar-refractivity contribution in [2.75, 3.05) is 19.0 Å². The Bertz CT molecular complexity index is 843. The maximum absolute atomic E-state index is 12.2. The molecule has 0 saturated heterocycles. The summed E-state index contributed by atoms with van der Waals surface area (Å²) in [6, 6.07) is 14.2. The molecular formula is C21H21NO2. The van der Waals surface area contributed by atoms with Gasteiger partial charge in [0.1, 0.15) is 5.76 Å². The van der Waals surface area contributed by atoms with E-state index in [-0.39, 0.29) is 5.97 Å². The van der Waals surface area contributed by atoms with E-state index >= 15 is 0 Å². The fourth-order valence-corrected chi connectivity index (χ4v) is 2.76. The van der Waals surface area contributed by atoms with Crippen LogP contribution < -0.4 is 4.90 Å². The van der Waals surface area contributed by atoms with Crippen LogP contribution in [0, 0.1) is 13.8 Å². The number of anilines is 1. The number of carbonyl (C=O) groups excluding carboxylic acids is 1. The smallest absolute Gasteiger partial charge is 0.343 e. The highest BCUT2D eigenvalue weighted by Gasteiger charge is 2.22. The van der Waals surface area contributed by atoms with Gasteiger partial charge in [-0.3, -0.25) is 0 Å². The number of esters is 1. The Labute approximate surface area is 142 Å². The Morgan fingerprint density at radius 2 is 1.71 bits per heavy atom. The van der Waals surface area contributed by atoms with Gasteiger partial charge in [0.2, 0.25) is 0 Å². The molecule has 1 aliphatic rings. The zero-order chi connectivity index (χ0) is 17.3. The molecule has 0 saturated carbocycles. The highest BCUT2D eigenvalue weighted by atomic mass is 16.5. The van der Waals surface area contributed by atoms with Crippen molar-refractivity contribution in [3.8, 4) is 0 Å². The molecule has 0 spiro atoms. The second-order valence-electron chi connectivity index (χ2n) is 6.30. The van der Waals surface area contributed by atoms with Gasteiger partial charge in [-0.15, -0.1) is 0 Å². The molecule has 3 heteroatoms. The minimum absolute atomic E-state index is 0.304. The van der Waals surface area contributed by atoms with Gasteiger partial charge in [0, 0.05) is 25.3 Å². The fraction of sp³-hybridized carbons (Fsp3) is 0.190. The average Bonchev–Trinajstić information content (AvgIpc) is 2.88. The van der Waals surface area contributed by atoms with E-state index in [9.17, 15) is 4.79 Å². The second kappa shape index (κ2) is 6.36. The Kier molecular flexibility index (Phi) is 4.26. The van der Waals surface area contributed by atoms with E-state index in [1.807, 2.05) is 74.5 Å². The molecule has 0 amide bonds. The molecule has 0 radical (unpaired) electrons. The number of rotatable bonds is 3. The molecular weight excluding hydrogens is 298 g/mol. The number of benzene rings is 2.